The number of anilines is 1. The largest absolute Gasteiger partial charge is 0.481 e. The Morgan fingerprint density at radius 2 is 2.24 bits per heavy atom. The predicted octanol–water partition coefficient (Wildman–Crippen LogP) is 2.27. The number of carboxylic acids is 1. The van der Waals surface area contributed by atoms with Crippen LogP contribution in [0.4, 0.5) is 5.82 Å². The van der Waals surface area contributed by atoms with Gasteiger partial charge in [0.05, 0.1) is 5.41 Å². The fourth-order valence-corrected chi connectivity index (χ4v) is 2.92. The summed E-state index contributed by atoms with van der Waals surface area (Å²) in [6.07, 6.45) is 6.44. The molecule has 1 heterocycles. The normalized spacial score (nSPS) is 25.8. The first-order valence-corrected chi connectivity index (χ1v) is 7.43. The molecule has 6 heteroatoms. The molecule has 1 aliphatic rings. The molecule has 6 nitrogen and oxygen atoms in total. The molecule has 0 spiro atoms. The van der Waals surface area contributed by atoms with Gasteiger partial charge in [0.25, 0.3) is 5.56 Å². The molecule has 0 radical (unpaired) electrons. The average molecular weight is 293 g/mol. The minimum Gasteiger partial charge on any atom is -0.481 e. The molecular weight excluding hydrogens is 270 g/mol. The lowest BCUT2D eigenvalue weighted by atomic mass is 9.71. The van der Waals surface area contributed by atoms with Gasteiger partial charge in [-0.3, -0.25) is 9.59 Å². The van der Waals surface area contributed by atoms with Crippen LogP contribution in [0, 0.1) is 5.41 Å². The first-order chi connectivity index (χ1) is 9.86. The third kappa shape index (κ3) is 2.94. The van der Waals surface area contributed by atoms with Crippen LogP contribution in [0.5, 0.6) is 0 Å². The van der Waals surface area contributed by atoms with E-state index in [1.54, 1.807) is 23.9 Å². The van der Waals surface area contributed by atoms with Crippen molar-refractivity contribution < 1.29 is 9.90 Å². The Bertz CT molecular complexity index is 582. The number of hydrogen-bond acceptors (Lipinski definition) is 4. The van der Waals surface area contributed by atoms with E-state index in [2.05, 4.69) is 10.3 Å². The Morgan fingerprint density at radius 1 is 1.52 bits per heavy atom. The van der Waals surface area contributed by atoms with Gasteiger partial charge < -0.3 is 15.0 Å². The van der Waals surface area contributed by atoms with Crippen molar-refractivity contribution in [3.8, 4) is 0 Å². The summed E-state index contributed by atoms with van der Waals surface area (Å²) in [6, 6.07) is -0.231. The quantitative estimate of drug-likeness (QED) is 0.889. The van der Waals surface area contributed by atoms with Gasteiger partial charge in [0.1, 0.15) is 0 Å². The second-order valence-electron chi connectivity index (χ2n) is 6.25. The van der Waals surface area contributed by atoms with Crippen LogP contribution < -0.4 is 10.9 Å². The van der Waals surface area contributed by atoms with Crippen LogP contribution in [0.1, 0.15) is 52.5 Å². The average Bonchev–Trinajstić information content (AvgIpc) is 2.43. The summed E-state index contributed by atoms with van der Waals surface area (Å²) >= 11 is 0. The SMILES string of the molecule is CC(C)n1ccnc(NC2CCCCC2(C)C(=O)O)c1=O. The van der Waals surface area contributed by atoms with Crippen LogP contribution in [0.3, 0.4) is 0 Å². The van der Waals surface area contributed by atoms with E-state index in [1.807, 2.05) is 13.8 Å². The lowest BCUT2D eigenvalue weighted by Crippen LogP contribution is -2.47. The molecule has 1 aromatic rings. The second kappa shape index (κ2) is 5.87. The van der Waals surface area contributed by atoms with Crippen LogP contribution in [0.25, 0.3) is 0 Å². The maximum absolute atomic E-state index is 12.4. The fraction of sp³-hybridized carbons (Fsp3) is 0.667. The highest BCUT2D eigenvalue weighted by molar-refractivity contribution is 5.76. The second-order valence-corrected chi connectivity index (χ2v) is 6.25. The molecule has 2 N–H and O–H groups in total. The molecular formula is C15H23N3O3. The van der Waals surface area contributed by atoms with Crippen LogP contribution in [-0.4, -0.2) is 26.7 Å². The molecule has 0 bridgehead atoms. The molecule has 0 aromatic carbocycles. The van der Waals surface area contributed by atoms with Gasteiger partial charge >= 0.3 is 5.97 Å². The highest BCUT2D eigenvalue weighted by Gasteiger charge is 2.43. The summed E-state index contributed by atoms with van der Waals surface area (Å²) in [5.41, 5.74) is -1.06. The molecule has 1 aromatic heterocycles. The topological polar surface area (TPSA) is 84.2 Å². The lowest BCUT2D eigenvalue weighted by molar-refractivity contribution is -0.150. The van der Waals surface area contributed by atoms with E-state index in [4.69, 9.17) is 0 Å². The molecule has 2 unspecified atom stereocenters. The third-order valence-corrected chi connectivity index (χ3v) is 4.43. The van der Waals surface area contributed by atoms with Crippen molar-refractivity contribution in [2.75, 3.05) is 5.32 Å². The molecule has 116 valence electrons. The Kier molecular flexibility index (Phi) is 4.34. The summed E-state index contributed by atoms with van der Waals surface area (Å²) < 4.78 is 1.59. The highest BCUT2D eigenvalue weighted by Crippen LogP contribution is 2.37. The van der Waals surface area contributed by atoms with Crippen LogP contribution in [0.15, 0.2) is 17.2 Å². The Labute approximate surface area is 124 Å². The van der Waals surface area contributed by atoms with Gasteiger partial charge in [-0.25, -0.2) is 4.98 Å². The number of rotatable bonds is 4. The van der Waals surface area contributed by atoms with Crippen molar-refractivity contribution in [1.82, 2.24) is 9.55 Å². The number of nitrogens with one attached hydrogen (secondary N) is 1. The van der Waals surface area contributed by atoms with E-state index in [9.17, 15) is 14.7 Å². The van der Waals surface area contributed by atoms with Gasteiger partial charge in [0, 0.05) is 24.5 Å². The first-order valence-electron chi connectivity index (χ1n) is 7.43. The Morgan fingerprint density at radius 3 is 2.86 bits per heavy atom. The molecule has 1 saturated carbocycles. The molecule has 0 saturated heterocycles. The zero-order valence-corrected chi connectivity index (χ0v) is 12.8. The first kappa shape index (κ1) is 15.5. The standard InChI is InChI=1S/C15H23N3O3/c1-10(2)18-9-8-16-12(13(18)19)17-11-6-4-5-7-15(11,3)14(20)21/h8-11H,4-7H2,1-3H3,(H,16,17)(H,20,21). The predicted molar refractivity (Wildman–Crippen MR) is 80.5 cm³/mol. The molecule has 1 aliphatic carbocycles. The highest BCUT2D eigenvalue weighted by atomic mass is 16.4. The Balaban J connectivity index is 2.30. The zero-order chi connectivity index (χ0) is 15.6. The van der Waals surface area contributed by atoms with Crippen LogP contribution >= 0.6 is 0 Å². The number of aromatic nitrogens is 2. The summed E-state index contributed by atoms with van der Waals surface area (Å²) in [5.74, 6) is -0.578. The van der Waals surface area contributed by atoms with E-state index in [0.29, 0.717) is 6.42 Å². The van der Waals surface area contributed by atoms with Gasteiger partial charge in [-0.15, -0.1) is 0 Å². The molecule has 2 atom stereocenters. The van der Waals surface area contributed by atoms with Gasteiger partial charge in [-0.1, -0.05) is 12.8 Å². The number of carbonyl (C=O) groups is 1. The summed E-state index contributed by atoms with van der Waals surface area (Å²) in [5, 5.41) is 12.6. The summed E-state index contributed by atoms with van der Waals surface area (Å²) in [7, 11) is 0. The number of hydrogen-bond donors (Lipinski definition) is 2. The third-order valence-electron chi connectivity index (χ3n) is 4.43. The van der Waals surface area contributed by atoms with Crippen molar-refractivity contribution in [3.63, 3.8) is 0 Å². The maximum Gasteiger partial charge on any atom is 0.311 e. The van der Waals surface area contributed by atoms with E-state index >= 15 is 0 Å². The molecule has 2 rings (SSSR count). The lowest BCUT2D eigenvalue weighted by Gasteiger charge is -2.38. The van der Waals surface area contributed by atoms with Crippen LogP contribution in [-0.2, 0) is 4.79 Å². The molecule has 21 heavy (non-hydrogen) atoms. The van der Waals surface area contributed by atoms with Crippen molar-refractivity contribution in [2.45, 2.75) is 58.5 Å². The van der Waals surface area contributed by atoms with Crippen molar-refractivity contribution in [1.29, 1.82) is 0 Å². The van der Waals surface area contributed by atoms with Gasteiger partial charge in [0.2, 0.25) is 0 Å². The van der Waals surface area contributed by atoms with Crippen molar-refractivity contribution >= 4 is 11.8 Å². The van der Waals surface area contributed by atoms with E-state index in [-0.39, 0.29) is 23.5 Å². The minimum absolute atomic E-state index is 0.0401. The number of carboxylic acid groups (broad SMARTS) is 1. The molecule has 1 fully saturated rings. The van der Waals surface area contributed by atoms with Gasteiger partial charge in [0.15, 0.2) is 5.82 Å². The fourth-order valence-electron chi connectivity index (χ4n) is 2.92. The maximum atomic E-state index is 12.4. The van der Waals surface area contributed by atoms with Crippen LogP contribution in [0.2, 0.25) is 0 Å². The summed E-state index contributed by atoms with van der Waals surface area (Å²) in [4.78, 5) is 28.1. The van der Waals surface area contributed by atoms with E-state index in [1.165, 1.54) is 0 Å². The van der Waals surface area contributed by atoms with Gasteiger partial charge in [-0.05, 0) is 33.6 Å². The summed E-state index contributed by atoms with van der Waals surface area (Å²) in [6.45, 7) is 5.59. The van der Waals surface area contributed by atoms with E-state index < -0.39 is 11.4 Å². The Hall–Kier alpha value is -1.85. The number of nitrogens with zero attached hydrogens (tertiary/aromatic N) is 2. The zero-order valence-electron chi connectivity index (χ0n) is 12.8. The van der Waals surface area contributed by atoms with Crippen molar-refractivity contribution in [2.24, 2.45) is 5.41 Å². The monoisotopic (exact) mass is 293 g/mol. The molecule has 0 amide bonds. The van der Waals surface area contributed by atoms with Gasteiger partial charge in [-0.2, -0.15) is 0 Å². The molecule has 0 aliphatic heterocycles. The van der Waals surface area contributed by atoms with Crippen molar-refractivity contribution in [3.05, 3.63) is 22.7 Å². The number of aliphatic carboxylic acids is 1. The van der Waals surface area contributed by atoms with E-state index in [0.717, 1.165) is 19.3 Å². The smallest absolute Gasteiger partial charge is 0.311 e. The minimum atomic E-state index is -0.856.